The number of oxime groups is 1. The molecule has 1 aromatic heterocycles. The molecule has 0 amide bonds. The zero-order valence-corrected chi connectivity index (χ0v) is 9.21. The molecule has 1 heterocycles. The highest BCUT2D eigenvalue weighted by Crippen LogP contribution is 2.22. The average molecular weight is 233 g/mol. The first-order valence-electron chi connectivity index (χ1n) is 5.04. The summed E-state index contributed by atoms with van der Waals surface area (Å²) in [5.74, 6) is 0.417. The van der Waals surface area contributed by atoms with Crippen LogP contribution in [0, 0.1) is 0 Å². The highest BCUT2D eigenvalue weighted by Gasteiger charge is 2.06. The molecule has 2 aromatic rings. The summed E-state index contributed by atoms with van der Waals surface area (Å²) in [6.45, 7) is 1.73. The fourth-order valence-corrected chi connectivity index (χ4v) is 1.41. The molecule has 0 atom stereocenters. The SMILES string of the molecule is C/C(COc1cc(=O)oc2ccccc12)=N\O. The van der Waals surface area contributed by atoms with Crippen LogP contribution in [0.2, 0.25) is 0 Å². The Morgan fingerprint density at radius 3 is 3.00 bits per heavy atom. The Balaban J connectivity index is 2.42. The van der Waals surface area contributed by atoms with Crippen LogP contribution in [-0.2, 0) is 0 Å². The van der Waals surface area contributed by atoms with E-state index in [2.05, 4.69) is 5.16 Å². The molecular formula is C12H11NO4. The van der Waals surface area contributed by atoms with Crippen LogP contribution in [0.15, 0.2) is 44.7 Å². The average Bonchev–Trinajstić information content (AvgIpc) is 2.35. The van der Waals surface area contributed by atoms with Gasteiger partial charge in [-0.05, 0) is 19.1 Å². The number of ether oxygens (including phenoxy) is 1. The molecule has 88 valence electrons. The molecule has 0 spiro atoms. The monoisotopic (exact) mass is 233 g/mol. The van der Waals surface area contributed by atoms with Gasteiger partial charge in [-0.25, -0.2) is 4.79 Å². The van der Waals surface area contributed by atoms with Crippen molar-refractivity contribution in [3.05, 3.63) is 40.8 Å². The van der Waals surface area contributed by atoms with Gasteiger partial charge < -0.3 is 14.4 Å². The first kappa shape index (κ1) is 11.2. The Morgan fingerprint density at radius 2 is 2.24 bits per heavy atom. The topological polar surface area (TPSA) is 72.0 Å². The van der Waals surface area contributed by atoms with E-state index in [4.69, 9.17) is 14.4 Å². The van der Waals surface area contributed by atoms with Gasteiger partial charge in [0.25, 0.3) is 0 Å². The van der Waals surface area contributed by atoms with Crippen molar-refractivity contribution in [2.75, 3.05) is 6.61 Å². The van der Waals surface area contributed by atoms with Crippen molar-refractivity contribution in [1.29, 1.82) is 0 Å². The largest absolute Gasteiger partial charge is 0.486 e. The van der Waals surface area contributed by atoms with Crippen LogP contribution in [0.1, 0.15) is 6.92 Å². The van der Waals surface area contributed by atoms with Crippen molar-refractivity contribution in [3.8, 4) is 5.75 Å². The predicted molar refractivity (Wildman–Crippen MR) is 62.9 cm³/mol. The van der Waals surface area contributed by atoms with Gasteiger partial charge in [0, 0.05) is 0 Å². The minimum Gasteiger partial charge on any atom is -0.486 e. The normalized spacial score (nSPS) is 11.7. The second-order valence-electron chi connectivity index (χ2n) is 3.55. The van der Waals surface area contributed by atoms with E-state index >= 15 is 0 Å². The smallest absolute Gasteiger partial charge is 0.339 e. The molecule has 0 unspecified atom stereocenters. The van der Waals surface area contributed by atoms with Gasteiger partial charge in [0.15, 0.2) is 0 Å². The molecule has 5 heteroatoms. The zero-order valence-electron chi connectivity index (χ0n) is 9.21. The number of fused-ring (bicyclic) bond motifs is 1. The van der Waals surface area contributed by atoms with E-state index in [0.29, 0.717) is 22.4 Å². The lowest BCUT2D eigenvalue weighted by molar-refractivity contribution is 0.307. The van der Waals surface area contributed by atoms with E-state index in [0.717, 1.165) is 0 Å². The van der Waals surface area contributed by atoms with Gasteiger partial charge in [-0.1, -0.05) is 17.3 Å². The number of hydrogen-bond donors (Lipinski definition) is 1. The Hall–Kier alpha value is -2.30. The van der Waals surface area contributed by atoms with Crippen LogP contribution in [-0.4, -0.2) is 17.5 Å². The quantitative estimate of drug-likeness (QED) is 0.381. The number of benzene rings is 1. The predicted octanol–water partition coefficient (Wildman–Crippen LogP) is 2.02. The summed E-state index contributed by atoms with van der Waals surface area (Å²) in [5, 5.41) is 12.2. The fourth-order valence-electron chi connectivity index (χ4n) is 1.41. The van der Waals surface area contributed by atoms with Gasteiger partial charge in [0.2, 0.25) is 0 Å². The minimum absolute atomic E-state index is 0.115. The Bertz CT molecular complexity index is 615. The lowest BCUT2D eigenvalue weighted by Crippen LogP contribution is -2.09. The molecule has 0 bridgehead atoms. The molecule has 0 radical (unpaired) electrons. The van der Waals surface area contributed by atoms with E-state index < -0.39 is 5.63 Å². The number of rotatable bonds is 3. The lowest BCUT2D eigenvalue weighted by atomic mass is 10.2. The third-order valence-electron chi connectivity index (χ3n) is 2.22. The van der Waals surface area contributed by atoms with Gasteiger partial charge >= 0.3 is 5.63 Å². The van der Waals surface area contributed by atoms with E-state index in [1.807, 2.05) is 6.07 Å². The maximum atomic E-state index is 11.3. The molecule has 0 aliphatic heterocycles. The van der Waals surface area contributed by atoms with Crippen molar-refractivity contribution in [2.45, 2.75) is 6.92 Å². The van der Waals surface area contributed by atoms with Crippen molar-refractivity contribution >= 4 is 16.7 Å². The van der Waals surface area contributed by atoms with Crippen LogP contribution in [0.5, 0.6) is 5.75 Å². The molecule has 2 rings (SSSR count). The van der Waals surface area contributed by atoms with Crippen LogP contribution in [0.3, 0.4) is 0 Å². The summed E-state index contributed by atoms with van der Waals surface area (Å²) in [6, 6.07) is 8.35. The molecule has 0 aliphatic rings. The third kappa shape index (κ3) is 2.44. The number of hydrogen-bond acceptors (Lipinski definition) is 5. The summed E-state index contributed by atoms with van der Waals surface area (Å²) < 4.78 is 10.4. The molecular weight excluding hydrogens is 222 g/mol. The summed E-state index contributed by atoms with van der Waals surface area (Å²) in [5.41, 5.74) is 0.410. The Labute approximate surface area is 96.9 Å². The highest BCUT2D eigenvalue weighted by atomic mass is 16.5. The van der Waals surface area contributed by atoms with E-state index in [1.54, 1.807) is 25.1 Å². The molecule has 17 heavy (non-hydrogen) atoms. The van der Waals surface area contributed by atoms with E-state index in [9.17, 15) is 4.79 Å². The Morgan fingerprint density at radius 1 is 1.47 bits per heavy atom. The summed E-state index contributed by atoms with van der Waals surface area (Å²) >= 11 is 0. The molecule has 1 aromatic carbocycles. The van der Waals surface area contributed by atoms with Crippen LogP contribution in [0.4, 0.5) is 0 Å². The second-order valence-corrected chi connectivity index (χ2v) is 3.55. The van der Waals surface area contributed by atoms with Gasteiger partial charge in [-0.3, -0.25) is 0 Å². The van der Waals surface area contributed by atoms with Crippen LogP contribution in [0.25, 0.3) is 11.0 Å². The molecule has 0 fully saturated rings. The molecule has 0 saturated carbocycles. The molecule has 5 nitrogen and oxygen atoms in total. The van der Waals surface area contributed by atoms with Gasteiger partial charge in [-0.2, -0.15) is 0 Å². The van der Waals surface area contributed by atoms with E-state index in [-0.39, 0.29) is 6.61 Å². The Kier molecular flexibility index (Phi) is 3.09. The van der Waals surface area contributed by atoms with Crippen molar-refractivity contribution in [3.63, 3.8) is 0 Å². The van der Waals surface area contributed by atoms with Crippen molar-refractivity contribution in [1.82, 2.24) is 0 Å². The standard InChI is InChI=1S/C12H11NO4/c1-8(13-15)7-16-11-6-12(14)17-10-5-3-2-4-9(10)11/h2-6,15H,7H2,1H3/b13-8+. The number of para-hydroxylation sites is 1. The van der Waals surface area contributed by atoms with Crippen LogP contribution >= 0.6 is 0 Å². The molecule has 1 N–H and O–H groups in total. The molecule has 0 saturated heterocycles. The van der Waals surface area contributed by atoms with Gasteiger partial charge in [-0.15, -0.1) is 0 Å². The number of nitrogens with zero attached hydrogens (tertiary/aromatic N) is 1. The highest BCUT2D eigenvalue weighted by molar-refractivity contribution is 5.85. The summed E-state index contributed by atoms with van der Waals surface area (Å²) in [6.07, 6.45) is 0. The lowest BCUT2D eigenvalue weighted by Gasteiger charge is -2.06. The first-order chi connectivity index (χ1) is 8.20. The summed E-state index contributed by atoms with van der Waals surface area (Å²) in [7, 11) is 0. The molecule has 0 aliphatic carbocycles. The van der Waals surface area contributed by atoms with E-state index in [1.165, 1.54) is 6.07 Å². The zero-order chi connectivity index (χ0) is 12.3. The van der Waals surface area contributed by atoms with Crippen molar-refractivity contribution in [2.24, 2.45) is 5.16 Å². The maximum Gasteiger partial charge on any atom is 0.339 e. The van der Waals surface area contributed by atoms with Crippen molar-refractivity contribution < 1.29 is 14.4 Å². The fraction of sp³-hybridized carbons (Fsp3) is 0.167. The second kappa shape index (κ2) is 4.69. The van der Waals surface area contributed by atoms with Crippen LogP contribution < -0.4 is 10.4 Å². The third-order valence-corrected chi connectivity index (χ3v) is 2.22. The van der Waals surface area contributed by atoms with Gasteiger partial charge in [0.1, 0.15) is 17.9 Å². The summed E-state index contributed by atoms with van der Waals surface area (Å²) in [4.78, 5) is 11.3. The van der Waals surface area contributed by atoms with Gasteiger partial charge in [0.05, 0.1) is 17.2 Å². The maximum absolute atomic E-state index is 11.3. The first-order valence-corrected chi connectivity index (χ1v) is 5.04. The minimum atomic E-state index is -0.475.